The number of benzene rings is 1. The van der Waals surface area contributed by atoms with Gasteiger partial charge in [-0.3, -0.25) is 4.57 Å². The lowest BCUT2D eigenvalue weighted by molar-refractivity contribution is 0.578. The first kappa shape index (κ1) is 13.1. The third kappa shape index (κ3) is 2.67. The summed E-state index contributed by atoms with van der Waals surface area (Å²) in [7, 11) is 0. The van der Waals surface area contributed by atoms with Gasteiger partial charge < -0.3 is 10.6 Å². The number of rotatable bonds is 4. The van der Waals surface area contributed by atoms with Gasteiger partial charge in [0.25, 0.3) is 0 Å². The number of hydrogen-bond acceptors (Lipinski definition) is 4. The number of anilines is 1. The van der Waals surface area contributed by atoms with Crippen LogP contribution in [0.15, 0.2) is 30.6 Å². The van der Waals surface area contributed by atoms with Crippen LogP contribution in [0.25, 0.3) is 5.69 Å². The van der Waals surface area contributed by atoms with Gasteiger partial charge in [-0.2, -0.15) is 0 Å². The van der Waals surface area contributed by atoms with Gasteiger partial charge in [-0.25, -0.2) is 0 Å². The molecular formula is C15H21N5. The summed E-state index contributed by atoms with van der Waals surface area (Å²) in [4.78, 5) is 2.46. The number of nitrogens with zero attached hydrogens (tertiary/aromatic N) is 4. The molecule has 0 amide bonds. The molecule has 5 heteroatoms. The molecule has 1 aromatic carbocycles. The van der Waals surface area contributed by atoms with E-state index in [-0.39, 0.29) is 0 Å². The zero-order valence-corrected chi connectivity index (χ0v) is 11.7. The minimum atomic E-state index is 0.588. The van der Waals surface area contributed by atoms with E-state index in [9.17, 15) is 0 Å². The molecule has 0 atom stereocenters. The molecule has 1 aromatic heterocycles. The minimum Gasteiger partial charge on any atom is -0.372 e. The summed E-state index contributed by atoms with van der Waals surface area (Å²) in [5, 5.41) is 8.09. The van der Waals surface area contributed by atoms with Crippen molar-refractivity contribution in [1.82, 2.24) is 14.8 Å². The molecule has 2 heterocycles. The average Bonchev–Trinajstić information content (AvgIpc) is 2.97. The smallest absolute Gasteiger partial charge is 0.138 e. The molecule has 1 fully saturated rings. The van der Waals surface area contributed by atoms with Gasteiger partial charge in [0.1, 0.15) is 12.2 Å². The Morgan fingerprint density at radius 1 is 1.00 bits per heavy atom. The van der Waals surface area contributed by atoms with Crippen LogP contribution in [0.4, 0.5) is 5.69 Å². The van der Waals surface area contributed by atoms with Gasteiger partial charge in [0.05, 0.1) is 0 Å². The molecule has 0 bridgehead atoms. The van der Waals surface area contributed by atoms with Crippen LogP contribution in [-0.4, -0.2) is 34.4 Å². The normalized spacial score (nSPS) is 15.6. The second-order valence-corrected chi connectivity index (χ2v) is 5.22. The van der Waals surface area contributed by atoms with Crippen LogP contribution in [0.3, 0.4) is 0 Å². The highest BCUT2D eigenvalue weighted by atomic mass is 15.3. The predicted octanol–water partition coefficient (Wildman–Crippen LogP) is 1.76. The summed E-state index contributed by atoms with van der Waals surface area (Å²) < 4.78 is 2.01. The van der Waals surface area contributed by atoms with Crippen molar-refractivity contribution in [1.29, 1.82) is 0 Å². The van der Waals surface area contributed by atoms with E-state index in [1.54, 1.807) is 6.33 Å². The van der Waals surface area contributed by atoms with E-state index in [1.165, 1.54) is 38.0 Å². The third-order valence-corrected chi connectivity index (χ3v) is 3.84. The third-order valence-electron chi connectivity index (χ3n) is 3.84. The molecule has 1 aliphatic heterocycles. The van der Waals surface area contributed by atoms with Crippen molar-refractivity contribution < 1.29 is 0 Å². The number of piperidine rings is 1. The monoisotopic (exact) mass is 271 g/mol. The van der Waals surface area contributed by atoms with E-state index in [0.717, 1.165) is 17.9 Å². The highest BCUT2D eigenvalue weighted by molar-refractivity contribution is 5.51. The summed E-state index contributed by atoms with van der Waals surface area (Å²) >= 11 is 0. The van der Waals surface area contributed by atoms with Crippen molar-refractivity contribution in [3.05, 3.63) is 36.4 Å². The van der Waals surface area contributed by atoms with Crippen LogP contribution in [0.2, 0.25) is 0 Å². The second kappa shape index (κ2) is 6.05. The van der Waals surface area contributed by atoms with Gasteiger partial charge in [-0.1, -0.05) is 0 Å². The van der Waals surface area contributed by atoms with E-state index in [0.29, 0.717) is 6.54 Å². The van der Waals surface area contributed by atoms with E-state index >= 15 is 0 Å². The maximum Gasteiger partial charge on any atom is 0.138 e. The van der Waals surface area contributed by atoms with Crippen LogP contribution in [-0.2, 0) is 6.42 Å². The molecule has 1 aliphatic rings. The molecule has 2 N–H and O–H groups in total. The first-order chi connectivity index (χ1) is 9.88. The van der Waals surface area contributed by atoms with Crippen molar-refractivity contribution in [2.24, 2.45) is 5.73 Å². The van der Waals surface area contributed by atoms with E-state index in [4.69, 9.17) is 5.73 Å². The molecule has 0 radical (unpaired) electrons. The van der Waals surface area contributed by atoms with Gasteiger partial charge in [-0.15, -0.1) is 10.2 Å². The maximum atomic E-state index is 5.60. The van der Waals surface area contributed by atoms with Crippen LogP contribution in [0, 0.1) is 0 Å². The molecule has 0 spiro atoms. The Bertz CT molecular complexity index is 540. The molecule has 0 saturated carbocycles. The van der Waals surface area contributed by atoms with Crippen molar-refractivity contribution in [3.8, 4) is 5.69 Å². The fourth-order valence-electron chi connectivity index (χ4n) is 2.75. The van der Waals surface area contributed by atoms with Gasteiger partial charge in [0, 0.05) is 30.9 Å². The zero-order valence-electron chi connectivity index (χ0n) is 11.7. The van der Waals surface area contributed by atoms with Gasteiger partial charge >= 0.3 is 0 Å². The Morgan fingerprint density at radius 2 is 1.70 bits per heavy atom. The predicted molar refractivity (Wildman–Crippen MR) is 80.2 cm³/mol. The van der Waals surface area contributed by atoms with Crippen molar-refractivity contribution in [2.45, 2.75) is 25.7 Å². The average molecular weight is 271 g/mol. The summed E-state index contributed by atoms with van der Waals surface area (Å²) in [5.74, 6) is 0.915. The lowest BCUT2D eigenvalue weighted by atomic mass is 10.1. The topological polar surface area (TPSA) is 60.0 Å². The van der Waals surface area contributed by atoms with E-state index in [2.05, 4.69) is 39.4 Å². The molecule has 20 heavy (non-hydrogen) atoms. The van der Waals surface area contributed by atoms with Crippen molar-refractivity contribution in [3.63, 3.8) is 0 Å². The van der Waals surface area contributed by atoms with Gasteiger partial charge in [0.2, 0.25) is 0 Å². The molecule has 3 rings (SSSR count). The van der Waals surface area contributed by atoms with Crippen molar-refractivity contribution >= 4 is 5.69 Å². The van der Waals surface area contributed by atoms with Crippen LogP contribution < -0.4 is 10.6 Å². The fraction of sp³-hybridized carbons (Fsp3) is 0.467. The lowest BCUT2D eigenvalue weighted by Crippen LogP contribution is -2.29. The number of hydrogen-bond donors (Lipinski definition) is 1. The SMILES string of the molecule is NCCc1nncn1-c1ccc(N2CCCCC2)cc1. The highest BCUT2D eigenvalue weighted by Crippen LogP contribution is 2.21. The van der Waals surface area contributed by atoms with Crippen molar-refractivity contribution in [2.75, 3.05) is 24.5 Å². The van der Waals surface area contributed by atoms with Crippen LogP contribution >= 0.6 is 0 Å². The fourth-order valence-corrected chi connectivity index (χ4v) is 2.75. The Hall–Kier alpha value is -1.88. The Morgan fingerprint density at radius 3 is 2.40 bits per heavy atom. The molecular weight excluding hydrogens is 250 g/mol. The highest BCUT2D eigenvalue weighted by Gasteiger charge is 2.11. The first-order valence-corrected chi connectivity index (χ1v) is 7.33. The Kier molecular flexibility index (Phi) is 3.97. The van der Waals surface area contributed by atoms with Crippen LogP contribution in [0.5, 0.6) is 0 Å². The molecule has 0 aliphatic carbocycles. The standard InChI is InChI=1S/C15H21N5/c16-9-8-15-18-17-12-20(15)14-6-4-13(5-7-14)19-10-2-1-3-11-19/h4-7,12H,1-3,8-11,16H2. The first-order valence-electron chi connectivity index (χ1n) is 7.33. The Labute approximate surface area is 119 Å². The van der Waals surface area contributed by atoms with E-state index in [1.807, 2.05) is 4.57 Å². The lowest BCUT2D eigenvalue weighted by Gasteiger charge is -2.28. The molecule has 0 unspecified atom stereocenters. The second-order valence-electron chi connectivity index (χ2n) is 5.22. The quantitative estimate of drug-likeness (QED) is 0.920. The Balaban J connectivity index is 1.79. The summed E-state index contributed by atoms with van der Waals surface area (Å²) in [6.45, 7) is 2.93. The minimum absolute atomic E-state index is 0.588. The number of nitrogens with two attached hydrogens (primary N) is 1. The van der Waals surface area contributed by atoms with E-state index < -0.39 is 0 Å². The van der Waals surface area contributed by atoms with Gasteiger partial charge in [-0.05, 0) is 50.1 Å². The largest absolute Gasteiger partial charge is 0.372 e. The molecule has 106 valence electrons. The molecule has 2 aromatic rings. The summed E-state index contributed by atoms with van der Waals surface area (Å²) in [6.07, 6.45) is 6.45. The number of aromatic nitrogens is 3. The van der Waals surface area contributed by atoms with Crippen LogP contribution in [0.1, 0.15) is 25.1 Å². The molecule has 5 nitrogen and oxygen atoms in total. The summed E-state index contributed by atoms with van der Waals surface area (Å²) in [5.41, 5.74) is 8.00. The maximum absolute atomic E-state index is 5.60. The molecule has 1 saturated heterocycles. The summed E-state index contributed by atoms with van der Waals surface area (Å²) in [6, 6.07) is 8.64. The van der Waals surface area contributed by atoms with Gasteiger partial charge in [0.15, 0.2) is 0 Å². The zero-order chi connectivity index (χ0) is 13.8.